The van der Waals surface area contributed by atoms with Crippen molar-refractivity contribution < 1.29 is 0 Å². The second kappa shape index (κ2) is 7.91. The molecule has 0 saturated carbocycles. The third kappa shape index (κ3) is 3.87. The lowest BCUT2D eigenvalue weighted by Crippen LogP contribution is -1.82. The first-order chi connectivity index (χ1) is 14.3. The highest BCUT2D eigenvalue weighted by atomic mass is 35.5. The Hall–Kier alpha value is -2.79. The molecule has 0 bridgehead atoms. The Balaban J connectivity index is 1.38. The summed E-state index contributed by atoms with van der Waals surface area (Å²) in [6.07, 6.45) is 0. The molecule has 0 N–H and O–H groups in total. The van der Waals surface area contributed by atoms with Crippen LogP contribution >= 0.6 is 34.3 Å². The Bertz CT molecular complexity index is 1240. The summed E-state index contributed by atoms with van der Waals surface area (Å²) in [5.41, 5.74) is 6.42. The van der Waals surface area contributed by atoms with Crippen molar-refractivity contribution in [2.75, 3.05) is 0 Å². The molecule has 0 atom stereocenters. The number of hydrogen-bond donors (Lipinski definition) is 0. The molecule has 3 aromatic carbocycles. The van der Waals surface area contributed by atoms with E-state index >= 15 is 0 Å². The van der Waals surface area contributed by atoms with E-state index in [4.69, 9.17) is 21.6 Å². The van der Waals surface area contributed by atoms with Crippen LogP contribution in [0.5, 0.6) is 0 Å². The minimum atomic E-state index is 0.734. The van der Waals surface area contributed by atoms with Crippen molar-refractivity contribution in [2.24, 2.45) is 0 Å². The fraction of sp³-hybridized carbons (Fsp3) is 0. The summed E-state index contributed by atoms with van der Waals surface area (Å²) in [6, 6.07) is 26.5. The van der Waals surface area contributed by atoms with Crippen molar-refractivity contribution in [2.45, 2.75) is 0 Å². The molecule has 0 fully saturated rings. The summed E-state index contributed by atoms with van der Waals surface area (Å²) in [5.74, 6) is 0. The van der Waals surface area contributed by atoms with Crippen LogP contribution in [0, 0.1) is 0 Å². The van der Waals surface area contributed by atoms with Gasteiger partial charge in [0, 0.05) is 38.0 Å². The highest BCUT2D eigenvalue weighted by Gasteiger charge is 2.09. The molecular formula is C24H15ClN2S2. The van der Waals surface area contributed by atoms with Gasteiger partial charge in [-0.05, 0) is 12.1 Å². The minimum absolute atomic E-state index is 0.734. The molecule has 0 aliphatic carbocycles. The van der Waals surface area contributed by atoms with E-state index in [1.807, 2.05) is 42.5 Å². The highest BCUT2D eigenvalue weighted by Crippen LogP contribution is 2.32. The molecule has 0 saturated heterocycles. The van der Waals surface area contributed by atoms with Gasteiger partial charge in [0.15, 0.2) is 0 Å². The van der Waals surface area contributed by atoms with Crippen molar-refractivity contribution in [3.63, 3.8) is 0 Å². The molecule has 0 spiro atoms. The maximum absolute atomic E-state index is 5.98. The van der Waals surface area contributed by atoms with E-state index in [0.29, 0.717) is 0 Å². The Morgan fingerprint density at radius 3 is 1.52 bits per heavy atom. The zero-order valence-corrected chi connectivity index (χ0v) is 17.6. The molecule has 5 rings (SSSR count). The van der Waals surface area contributed by atoms with Gasteiger partial charge < -0.3 is 0 Å². The quantitative estimate of drug-likeness (QED) is 0.289. The Labute approximate surface area is 182 Å². The monoisotopic (exact) mass is 430 g/mol. The molecule has 0 radical (unpaired) electrons. The van der Waals surface area contributed by atoms with Crippen molar-refractivity contribution in [1.29, 1.82) is 0 Å². The summed E-state index contributed by atoms with van der Waals surface area (Å²) >= 11 is 9.30. The molecule has 0 amide bonds. The van der Waals surface area contributed by atoms with Gasteiger partial charge in [-0.15, -0.1) is 22.7 Å². The molecule has 5 aromatic rings. The van der Waals surface area contributed by atoms with Crippen LogP contribution in [-0.4, -0.2) is 9.97 Å². The van der Waals surface area contributed by atoms with Gasteiger partial charge in [0.2, 0.25) is 0 Å². The smallest absolute Gasteiger partial charge is 0.124 e. The summed E-state index contributed by atoms with van der Waals surface area (Å²) in [5, 5.41) is 6.97. The Kier molecular flexibility index (Phi) is 4.98. The second-order valence-corrected chi connectivity index (χ2v) is 8.68. The highest BCUT2D eigenvalue weighted by molar-refractivity contribution is 7.13. The Morgan fingerprint density at radius 2 is 0.966 bits per heavy atom. The standard InChI is InChI=1S/C24H15ClN2S2/c25-20-12-10-17(11-13-20)22-15-29-24(27-22)19-8-6-16(7-9-19)21-14-28-23(26-21)18-4-2-1-3-5-18/h1-15H. The van der Waals surface area contributed by atoms with E-state index in [1.165, 1.54) is 0 Å². The summed E-state index contributed by atoms with van der Waals surface area (Å²) in [6.45, 7) is 0. The van der Waals surface area contributed by atoms with Gasteiger partial charge in [0.25, 0.3) is 0 Å². The average molecular weight is 431 g/mol. The summed E-state index contributed by atoms with van der Waals surface area (Å²) < 4.78 is 0. The number of thiazole rings is 2. The zero-order valence-electron chi connectivity index (χ0n) is 15.2. The molecule has 29 heavy (non-hydrogen) atoms. The van der Waals surface area contributed by atoms with E-state index in [0.717, 1.165) is 48.7 Å². The van der Waals surface area contributed by atoms with Crippen LogP contribution in [0.1, 0.15) is 0 Å². The van der Waals surface area contributed by atoms with Gasteiger partial charge in [0.1, 0.15) is 10.0 Å². The molecule has 0 aliphatic rings. The van der Waals surface area contributed by atoms with E-state index in [2.05, 4.69) is 47.2 Å². The van der Waals surface area contributed by atoms with Crippen LogP contribution in [-0.2, 0) is 0 Å². The number of hydrogen-bond acceptors (Lipinski definition) is 4. The van der Waals surface area contributed by atoms with Crippen LogP contribution in [0.3, 0.4) is 0 Å². The normalized spacial score (nSPS) is 10.9. The number of benzene rings is 3. The van der Waals surface area contributed by atoms with Crippen LogP contribution in [0.25, 0.3) is 43.7 Å². The van der Waals surface area contributed by atoms with E-state index in [9.17, 15) is 0 Å². The molecule has 0 unspecified atom stereocenters. The molecule has 2 nitrogen and oxygen atoms in total. The van der Waals surface area contributed by atoms with E-state index < -0.39 is 0 Å². The van der Waals surface area contributed by atoms with Gasteiger partial charge in [-0.2, -0.15) is 0 Å². The molecule has 5 heteroatoms. The fourth-order valence-electron chi connectivity index (χ4n) is 3.06. The average Bonchev–Trinajstić information content (AvgIpc) is 3.46. The summed E-state index contributed by atoms with van der Waals surface area (Å²) in [4.78, 5) is 9.59. The molecule has 2 aromatic heterocycles. The van der Waals surface area contributed by atoms with Crippen molar-refractivity contribution >= 4 is 34.3 Å². The number of rotatable bonds is 4. The van der Waals surface area contributed by atoms with Crippen LogP contribution in [0.15, 0.2) is 89.6 Å². The molecular weight excluding hydrogens is 416 g/mol. The van der Waals surface area contributed by atoms with Crippen molar-refractivity contribution in [3.8, 4) is 43.7 Å². The molecule has 140 valence electrons. The predicted molar refractivity (Wildman–Crippen MR) is 125 cm³/mol. The third-order valence-corrected chi connectivity index (χ3v) is 6.63. The number of aromatic nitrogens is 2. The second-order valence-electron chi connectivity index (χ2n) is 6.53. The van der Waals surface area contributed by atoms with Gasteiger partial charge in [-0.3, -0.25) is 0 Å². The lowest BCUT2D eigenvalue weighted by Gasteiger charge is -2.00. The first-order valence-corrected chi connectivity index (χ1v) is 11.2. The Morgan fingerprint density at radius 1 is 0.517 bits per heavy atom. The maximum Gasteiger partial charge on any atom is 0.124 e. The SMILES string of the molecule is Clc1ccc(-c2csc(-c3ccc(-c4csc(-c5ccccc5)n4)cc3)n2)cc1. The number of nitrogens with zero attached hydrogens (tertiary/aromatic N) is 2. The predicted octanol–water partition coefficient (Wildman–Crippen LogP) is 7.92. The lowest BCUT2D eigenvalue weighted by atomic mass is 10.1. The van der Waals surface area contributed by atoms with Crippen LogP contribution < -0.4 is 0 Å². The van der Waals surface area contributed by atoms with Crippen molar-refractivity contribution in [1.82, 2.24) is 9.97 Å². The first kappa shape index (κ1) is 18.3. The topological polar surface area (TPSA) is 25.8 Å². The minimum Gasteiger partial charge on any atom is -0.236 e. The van der Waals surface area contributed by atoms with Crippen molar-refractivity contribution in [3.05, 3.63) is 94.6 Å². The fourth-order valence-corrected chi connectivity index (χ4v) is 4.86. The van der Waals surface area contributed by atoms with E-state index in [-0.39, 0.29) is 0 Å². The van der Waals surface area contributed by atoms with Gasteiger partial charge >= 0.3 is 0 Å². The van der Waals surface area contributed by atoms with Crippen LogP contribution in [0.4, 0.5) is 0 Å². The third-order valence-electron chi connectivity index (χ3n) is 4.60. The molecule has 0 aliphatic heterocycles. The number of halogens is 1. The van der Waals surface area contributed by atoms with Gasteiger partial charge in [0.05, 0.1) is 11.4 Å². The zero-order chi connectivity index (χ0) is 19.6. The maximum atomic E-state index is 5.98. The largest absolute Gasteiger partial charge is 0.236 e. The molecule has 2 heterocycles. The lowest BCUT2D eigenvalue weighted by molar-refractivity contribution is 1.39. The van der Waals surface area contributed by atoms with E-state index in [1.54, 1.807) is 22.7 Å². The van der Waals surface area contributed by atoms with Crippen LogP contribution in [0.2, 0.25) is 5.02 Å². The van der Waals surface area contributed by atoms with Gasteiger partial charge in [-0.25, -0.2) is 9.97 Å². The first-order valence-electron chi connectivity index (χ1n) is 9.09. The summed E-state index contributed by atoms with van der Waals surface area (Å²) in [7, 11) is 0. The van der Waals surface area contributed by atoms with Gasteiger partial charge in [-0.1, -0.05) is 78.3 Å².